The fraction of sp³-hybridized carbons (Fsp3) is 0.500. The fourth-order valence-corrected chi connectivity index (χ4v) is 2.24. The summed E-state index contributed by atoms with van der Waals surface area (Å²) in [4.78, 5) is 21.8. The second kappa shape index (κ2) is 5.72. The first-order valence-corrected chi connectivity index (χ1v) is 5.87. The SMILES string of the molecule is Nc1nc2c(ncn2[C@@H]2O[C@H](CO)[C@@H](O)[C@H]2O)c(=O)[nH]1.[SeH2]. The Morgan fingerprint density at radius 2 is 2.14 bits per heavy atom. The van der Waals surface area contributed by atoms with Crippen LogP contribution in [0.15, 0.2) is 11.1 Å². The summed E-state index contributed by atoms with van der Waals surface area (Å²) in [6.45, 7) is -0.447. The molecule has 0 radical (unpaired) electrons. The number of fused-ring (bicyclic) bond motifs is 1. The molecule has 3 rings (SSSR count). The molecule has 116 valence electrons. The average Bonchev–Trinajstić information content (AvgIpc) is 2.93. The second-order valence-corrected chi connectivity index (χ2v) is 4.50. The van der Waals surface area contributed by atoms with E-state index in [1.165, 1.54) is 10.9 Å². The van der Waals surface area contributed by atoms with Gasteiger partial charge in [0.1, 0.15) is 18.3 Å². The second-order valence-electron chi connectivity index (χ2n) is 4.50. The number of rotatable bonds is 2. The van der Waals surface area contributed by atoms with E-state index in [9.17, 15) is 15.0 Å². The number of nitrogens with two attached hydrogens (primary N) is 1. The van der Waals surface area contributed by atoms with Crippen molar-refractivity contribution in [3.05, 3.63) is 16.7 Å². The molecule has 0 unspecified atom stereocenters. The molecule has 0 aromatic carbocycles. The standard InChI is InChI=1S/C10H13N5O5.H2Se/c11-10-13-7-4(8(19)14-10)12-2-15(7)9-6(18)5(17)3(1-16)20-9;/h2-3,5-6,9,16-18H,1H2,(H3,11,13,14,19);1H2/t3-,5-,6-,9-;/m1./s1. The topological polar surface area (TPSA) is 160 Å². The number of aliphatic hydroxyl groups is 3. The van der Waals surface area contributed by atoms with E-state index in [2.05, 4.69) is 15.0 Å². The van der Waals surface area contributed by atoms with E-state index in [4.69, 9.17) is 15.6 Å². The third-order valence-corrected chi connectivity index (χ3v) is 3.24. The van der Waals surface area contributed by atoms with Gasteiger partial charge in [-0.2, -0.15) is 4.98 Å². The van der Waals surface area contributed by atoms with Gasteiger partial charge in [-0.1, -0.05) is 0 Å². The molecule has 21 heavy (non-hydrogen) atoms. The van der Waals surface area contributed by atoms with Gasteiger partial charge >= 0.3 is 17.1 Å². The van der Waals surface area contributed by atoms with Crippen molar-refractivity contribution in [2.45, 2.75) is 24.5 Å². The van der Waals surface area contributed by atoms with E-state index in [0.717, 1.165) is 0 Å². The van der Waals surface area contributed by atoms with Crippen LogP contribution in [0, 0.1) is 0 Å². The number of nitrogens with zero attached hydrogens (tertiary/aromatic N) is 3. The molecule has 0 bridgehead atoms. The van der Waals surface area contributed by atoms with E-state index in [-0.39, 0.29) is 34.2 Å². The molecule has 3 heterocycles. The number of nitrogens with one attached hydrogen (secondary N) is 1. The van der Waals surface area contributed by atoms with Crippen molar-refractivity contribution in [1.29, 1.82) is 0 Å². The summed E-state index contributed by atoms with van der Waals surface area (Å²) in [5.41, 5.74) is 5.12. The van der Waals surface area contributed by atoms with Crippen LogP contribution < -0.4 is 11.3 Å². The Hall–Kier alpha value is -1.49. The van der Waals surface area contributed by atoms with Gasteiger partial charge in [0.05, 0.1) is 12.9 Å². The molecule has 4 atom stereocenters. The van der Waals surface area contributed by atoms with Crippen LogP contribution in [0.25, 0.3) is 11.2 Å². The number of H-pyrrole nitrogens is 1. The monoisotopic (exact) mass is 365 g/mol. The number of ether oxygens (including phenoxy) is 1. The Bertz CT molecular complexity index is 703. The minimum absolute atomic E-state index is 0. The van der Waals surface area contributed by atoms with Gasteiger partial charge in [0.2, 0.25) is 5.95 Å². The predicted octanol–water partition coefficient (Wildman–Crippen LogP) is -3.60. The van der Waals surface area contributed by atoms with Crippen molar-refractivity contribution in [3.63, 3.8) is 0 Å². The van der Waals surface area contributed by atoms with Crippen molar-refractivity contribution in [2.24, 2.45) is 0 Å². The van der Waals surface area contributed by atoms with E-state index < -0.39 is 36.7 Å². The van der Waals surface area contributed by atoms with E-state index in [1.54, 1.807) is 0 Å². The van der Waals surface area contributed by atoms with Crippen LogP contribution in [0.2, 0.25) is 0 Å². The van der Waals surface area contributed by atoms with Gasteiger partial charge in [-0.25, -0.2) is 4.98 Å². The summed E-state index contributed by atoms with van der Waals surface area (Å²) in [6.07, 6.45) is -3.21. The van der Waals surface area contributed by atoms with Crippen LogP contribution in [0.3, 0.4) is 0 Å². The zero-order chi connectivity index (χ0) is 14.4. The summed E-state index contributed by atoms with van der Waals surface area (Å²) in [5, 5.41) is 28.7. The van der Waals surface area contributed by atoms with Crippen molar-refractivity contribution < 1.29 is 20.1 Å². The molecule has 2 aromatic rings. The Morgan fingerprint density at radius 1 is 1.43 bits per heavy atom. The molecule has 0 spiro atoms. The first-order chi connectivity index (χ1) is 9.52. The molecule has 1 saturated heterocycles. The molecule has 6 N–H and O–H groups in total. The maximum absolute atomic E-state index is 11.7. The number of nitrogen functional groups attached to an aromatic ring is 1. The number of aromatic amines is 1. The van der Waals surface area contributed by atoms with Crippen molar-refractivity contribution >= 4 is 34.2 Å². The van der Waals surface area contributed by atoms with Gasteiger partial charge < -0.3 is 25.8 Å². The number of aromatic nitrogens is 4. The van der Waals surface area contributed by atoms with Crippen LogP contribution >= 0.6 is 0 Å². The van der Waals surface area contributed by atoms with Crippen LogP contribution in [-0.4, -0.2) is 76.8 Å². The number of hydrogen-bond acceptors (Lipinski definition) is 8. The molecule has 10 nitrogen and oxygen atoms in total. The van der Waals surface area contributed by atoms with Crippen LogP contribution in [-0.2, 0) is 4.74 Å². The van der Waals surface area contributed by atoms with Crippen molar-refractivity contribution in [1.82, 2.24) is 19.5 Å². The van der Waals surface area contributed by atoms with Gasteiger partial charge in [-0.3, -0.25) is 14.3 Å². The van der Waals surface area contributed by atoms with Crippen molar-refractivity contribution in [2.75, 3.05) is 12.3 Å². The fourth-order valence-electron chi connectivity index (χ4n) is 2.24. The number of hydrogen-bond donors (Lipinski definition) is 5. The van der Waals surface area contributed by atoms with Crippen LogP contribution in [0.1, 0.15) is 6.23 Å². The Morgan fingerprint density at radius 3 is 2.76 bits per heavy atom. The number of anilines is 1. The molecule has 0 saturated carbocycles. The van der Waals surface area contributed by atoms with E-state index >= 15 is 0 Å². The molecule has 0 aliphatic carbocycles. The molecule has 1 aliphatic rings. The Balaban J connectivity index is 0.00000161. The quantitative estimate of drug-likeness (QED) is 0.342. The van der Waals surface area contributed by atoms with Gasteiger partial charge in [0.15, 0.2) is 17.4 Å². The molecular formula is C10H15N5O5Se. The first-order valence-electron chi connectivity index (χ1n) is 5.87. The van der Waals surface area contributed by atoms with Gasteiger partial charge in [-0.05, 0) is 0 Å². The zero-order valence-corrected chi connectivity index (χ0v) is 12.8. The number of aliphatic hydroxyl groups excluding tert-OH is 3. The first kappa shape index (κ1) is 15.9. The Labute approximate surface area is 128 Å². The van der Waals surface area contributed by atoms with E-state index in [0.29, 0.717) is 0 Å². The average molecular weight is 364 g/mol. The van der Waals surface area contributed by atoms with Crippen LogP contribution in [0.4, 0.5) is 5.95 Å². The Kier molecular flexibility index (Phi) is 4.32. The minimum atomic E-state index is -1.29. The van der Waals surface area contributed by atoms with Crippen molar-refractivity contribution in [3.8, 4) is 0 Å². The molecule has 1 aliphatic heterocycles. The third kappa shape index (κ3) is 2.44. The third-order valence-electron chi connectivity index (χ3n) is 3.24. The summed E-state index contributed by atoms with van der Waals surface area (Å²) in [7, 11) is 0. The molecule has 11 heteroatoms. The summed E-state index contributed by atoms with van der Waals surface area (Å²) < 4.78 is 6.64. The summed E-state index contributed by atoms with van der Waals surface area (Å²) in [5.74, 6) is -0.101. The van der Waals surface area contributed by atoms with Gasteiger partial charge in [-0.15, -0.1) is 0 Å². The normalized spacial score (nSPS) is 28.7. The number of imidazole rings is 1. The molecule has 2 aromatic heterocycles. The maximum atomic E-state index is 11.7. The predicted molar refractivity (Wildman–Crippen MR) is 74.1 cm³/mol. The summed E-state index contributed by atoms with van der Waals surface area (Å²) in [6, 6.07) is 0. The van der Waals surface area contributed by atoms with Gasteiger partial charge in [0, 0.05) is 0 Å². The van der Waals surface area contributed by atoms with Gasteiger partial charge in [0.25, 0.3) is 5.56 Å². The molecule has 1 fully saturated rings. The molecule has 0 amide bonds. The van der Waals surface area contributed by atoms with Crippen LogP contribution in [0.5, 0.6) is 0 Å². The summed E-state index contributed by atoms with van der Waals surface area (Å²) >= 11 is 0. The van der Waals surface area contributed by atoms with E-state index in [1.807, 2.05) is 0 Å². The zero-order valence-electron chi connectivity index (χ0n) is 10.7. The molecular weight excluding hydrogens is 349 g/mol.